The van der Waals surface area contributed by atoms with Gasteiger partial charge in [0.2, 0.25) is 0 Å². The molecule has 1 N–H and O–H groups in total. The van der Waals surface area contributed by atoms with Gasteiger partial charge in [-0.1, -0.05) is 211 Å². The van der Waals surface area contributed by atoms with E-state index in [-0.39, 0.29) is 25.2 Å². The van der Waals surface area contributed by atoms with Crippen molar-refractivity contribution in [3.63, 3.8) is 0 Å². The number of esters is 2. The maximum absolute atomic E-state index is 12.3. The first kappa shape index (κ1) is 54.1. The minimum atomic E-state index is -0.772. The summed E-state index contributed by atoms with van der Waals surface area (Å²) in [6, 6.07) is 0. The number of hydrogen-bond donors (Lipinski definition) is 1. The van der Waals surface area contributed by atoms with Crippen LogP contribution < -0.4 is 0 Å². The zero-order valence-corrected chi connectivity index (χ0v) is 37.4. The fraction of sp³-hybridized carbons (Fsp3) is 0.843. The molecule has 56 heavy (non-hydrogen) atoms. The summed E-state index contributed by atoms with van der Waals surface area (Å²) in [5.41, 5.74) is 0. The Bertz CT molecular complexity index is 893. The minimum absolute atomic E-state index is 0.0652. The van der Waals surface area contributed by atoms with Gasteiger partial charge in [0.15, 0.2) is 6.10 Å². The fourth-order valence-electron chi connectivity index (χ4n) is 7.17. The van der Waals surface area contributed by atoms with Gasteiger partial charge in [0, 0.05) is 12.8 Å². The summed E-state index contributed by atoms with van der Waals surface area (Å²) in [7, 11) is 0. The Morgan fingerprint density at radius 1 is 0.411 bits per heavy atom. The predicted molar refractivity (Wildman–Crippen MR) is 242 cm³/mol. The molecule has 0 aliphatic heterocycles. The lowest BCUT2D eigenvalue weighted by molar-refractivity contribution is -0.161. The molecule has 5 nitrogen and oxygen atoms in total. The molecule has 1 unspecified atom stereocenters. The summed E-state index contributed by atoms with van der Waals surface area (Å²) >= 11 is 0. The van der Waals surface area contributed by atoms with Crippen LogP contribution in [0.5, 0.6) is 0 Å². The molecule has 0 saturated heterocycles. The van der Waals surface area contributed by atoms with Gasteiger partial charge in [0.1, 0.15) is 6.61 Å². The summed E-state index contributed by atoms with van der Waals surface area (Å²) in [5, 5.41) is 9.61. The Hall–Kier alpha value is -1.88. The van der Waals surface area contributed by atoms with Crippen LogP contribution in [0, 0.1) is 0 Å². The smallest absolute Gasteiger partial charge is 0.306 e. The SMILES string of the molecule is CCCCCCC/C=C\C/C=C\CCCCCCCCCCCCCC(=O)OC(CO)COC(=O)CCCCCCCCCCC/C=C\CCCCCCCC. The Morgan fingerprint density at radius 2 is 0.714 bits per heavy atom. The maximum Gasteiger partial charge on any atom is 0.306 e. The topological polar surface area (TPSA) is 72.8 Å². The second-order valence-corrected chi connectivity index (χ2v) is 16.5. The summed E-state index contributed by atoms with van der Waals surface area (Å²) in [4.78, 5) is 24.4. The standard InChI is InChI=1S/C51H94O5/c1-3-5-7-9-11-13-15-17-19-21-23-24-25-26-28-30-32-34-36-38-40-42-44-46-51(54)56-49(47-52)48-55-50(53)45-43-41-39-37-35-33-31-29-27-22-20-18-16-14-12-10-8-6-4-2/h15,17-18,20-21,23,49,52H,3-14,16,19,22,24-48H2,1-2H3/b17-15-,20-18-,23-21-. The van der Waals surface area contributed by atoms with Crippen molar-refractivity contribution in [2.75, 3.05) is 13.2 Å². The van der Waals surface area contributed by atoms with Gasteiger partial charge in [0.25, 0.3) is 0 Å². The summed E-state index contributed by atoms with van der Waals surface area (Å²) in [5.74, 6) is -0.586. The van der Waals surface area contributed by atoms with Crippen LogP contribution in [0.1, 0.15) is 258 Å². The summed E-state index contributed by atoms with van der Waals surface area (Å²) in [6.07, 6.45) is 59.4. The van der Waals surface area contributed by atoms with E-state index in [0.29, 0.717) is 12.8 Å². The Morgan fingerprint density at radius 3 is 1.07 bits per heavy atom. The molecule has 1 atom stereocenters. The van der Waals surface area contributed by atoms with E-state index < -0.39 is 6.10 Å². The van der Waals surface area contributed by atoms with E-state index in [9.17, 15) is 14.7 Å². The van der Waals surface area contributed by atoms with Gasteiger partial charge in [-0.2, -0.15) is 0 Å². The first-order valence-corrected chi connectivity index (χ1v) is 24.5. The lowest BCUT2D eigenvalue weighted by Gasteiger charge is -2.15. The molecule has 328 valence electrons. The molecule has 0 amide bonds. The van der Waals surface area contributed by atoms with E-state index in [4.69, 9.17) is 9.47 Å². The number of unbranched alkanes of at least 4 members (excludes halogenated alkanes) is 31. The first-order valence-electron chi connectivity index (χ1n) is 24.5. The number of hydrogen-bond acceptors (Lipinski definition) is 5. The molecule has 0 bridgehead atoms. The van der Waals surface area contributed by atoms with E-state index in [1.165, 1.54) is 186 Å². The second-order valence-electron chi connectivity index (χ2n) is 16.5. The summed E-state index contributed by atoms with van der Waals surface area (Å²) < 4.78 is 10.7. The minimum Gasteiger partial charge on any atom is -0.462 e. The Labute approximate surface area is 348 Å². The van der Waals surface area contributed by atoms with Crippen LogP contribution >= 0.6 is 0 Å². The molecule has 0 fully saturated rings. The maximum atomic E-state index is 12.3. The van der Waals surface area contributed by atoms with Crippen molar-refractivity contribution in [3.8, 4) is 0 Å². The molecular formula is C51H94O5. The van der Waals surface area contributed by atoms with Crippen molar-refractivity contribution >= 4 is 11.9 Å². The Kier molecular flexibility index (Phi) is 45.9. The van der Waals surface area contributed by atoms with Gasteiger partial charge in [-0.25, -0.2) is 0 Å². The molecule has 0 rings (SSSR count). The van der Waals surface area contributed by atoms with E-state index in [2.05, 4.69) is 50.3 Å². The molecule has 0 aromatic carbocycles. The number of aliphatic hydroxyl groups is 1. The van der Waals surface area contributed by atoms with Gasteiger partial charge >= 0.3 is 11.9 Å². The van der Waals surface area contributed by atoms with Gasteiger partial charge < -0.3 is 14.6 Å². The van der Waals surface area contributed by atoms with Crippen LogP contribution in [0.15, 0.2) is 36.5 Å². The lowest BCUT2D eigenvalue weighted by atomic mass is 10.0. The highest BCUT2D eigenvalue weighted by atomic mass is 16.6. The fourth-order valence-corrected chi connectivity index (χ4v) is 7.17. The normalized spacial score (nSPS) is 12.4. The largest absolute Gasteiger partial charge is 0.462 e. The average Bonchev–Trinajstić information content (AvgIpc) is 3.20. The number of carbonyl (C=O) groups is 2. The van der Waals surface area contributed by atoms with Crippen LogP contribution in [0.2, 0.25) is 0 Å². The molecule has 0 saturated carbocycles. The molecular weight excluding hydrogens is 693 g/mol. The van der Waals surface area contributed by atoms with E-state index >= 15 is 0 Å². The third-order valence-corrected chi connectivity index (χ3v) is 10.9. The van der Waals surface area contributed by atoms with Crippen LogP contribution in [-0.2, 0) is 19.1 Å². The van der Waals surface area contributed by atoms with Gasteiger partial charge in [-0.05, 0) is 70.6 Å². The number of carbonyl (C=O) groups excluding carboxylic acids is 2. The van der Waals surface area contributed by atoms with Gasteiger partial charge in [0.05, 0.1) is 6.61 Å². The van der Waals surface area contributed by atoms with Gasteiger partial charge in [-0.3, -0.25) is 9.59 Å². The lowest BCUT2D eigenvalue weighted by Crippen LogP contribution is -2.28. The molecule has 5 heteroatoms. The molecule has 0 aromatic rings. The number of rotatable bonds is 45. The van der Waals surface area contributed by atoms with Crippen LogP contribution in [0.25, 0.3) is 0 Å². The van der Waals surface area contributed by atoms with Crippen LogP contribution in [0.4, 0.5) is 0 Å². The molecule has 0 aromatic heterocycles. The average molecular weight is 787 g/mol. The Balaban J connectivity index is 3.49. The number of ether oxygens (including phenoxy) is 2. The third-order valence-electron chi connectivity index (χ3n) is 10.9. The highest BCUT2D eigenvalue weighted by Gasteiger charge is 2.16. The van der Waals surface area contributed by atoms with Crippen molar-refractivity contribution in [2.45, 2.75) is 264 Å². The highest BCUT2D eigenvalue weighted by Crippen LogP contribution is 2.15. The zero-order chi connectivity index (χ0) is 40.7. The van der Waals surface area contributed by atoms with Crippen molar-refractivity contribution < 1.29 is 24.2 Å². The summed E-state index contributed by atoms with van der Waals surface area (Å²) in [6.45, 7) is 4.15. The molecule has 0 radical (unpaired) electrons. The zero-order valence-electron chi connectivity index (χ0n) is 37.4. The van der Waals surface area contributed by atoms with E-state index in [0.717, 1.165) is 44.9 Å². The monoisotopic (exact) mass is 787 g/mol. The third kappa shape index (κ3) is 44.8. The van der Waals surface area contributed by atoms with Crippen molar-refractivity contribution in [3.05, 3.63) is 36.5 Å². The molecule has 0 heterocycles. The number of allylic oxidation sites excluding steroid dienone is 6. The quantitative estimate of drug-likeness (QED) is 0.0378. The first-order chi connectivity index (χ1) is 27.6. The van der Waals surface area contributed by atoms with E-state index in [1.54, 1.807) is 0 Å². The van der Waals surface area contributed by atoms with Gasteiger partial charge in [-0.15, -0.1) is 0 Å². The molecule has 0 aliphatic carbocycles. The molecule has 0 spiro atoms. The molecule has 0 aliphatic rings. The van der Waals surface area contributed by atoms with Crippen LogP contribution in [-0.4, -0.2) is 36.4 Å². The number of aliphatic hydroxyl groups excluding tert-OH is 1. The predicted octanol–water partition coefficient (Wildman–Crippen LogP) is 16.0. The highest BCUT2D eigenvalue weighted by molar-refractivity contribution is 5.70. The van der Waals surface area contributed by atoms with Crippen molar-refractivity contribution in [1.82, 2.24) is 0 Å². The van der Waals surface area contributed by atoms with Crippen molar-refractivity contribution in [1.29, 1.82) is 0 Å². The van der Waals surface area contributed by atoms with Crippen molar-refractivity contribution in [2.24, 2.45) is 0 Å². The van der Waals surface area contributed by atoms with Crippen LogP contribution in [0.3, 0.4) is 0 Å². The van der Waals surface area contributed by atoms with E-state index in [1.807, 2.05) is 0 Å². The second kappa shape index (κ2) is 47.5.